The van der Waals surface area contributed by atoms with Crippen LogP contribution in [0.3, 0.4) is 0 Å². The molecule has 1 saturated heterocycles. The molecule has 1 aromatic rings. The molecule has 25 heavy (non-hydrogen) atoms. The fourth-order valence-electron chi connectivity index (χ4n) is 4.59. The van der Waals surface area contributed by atoms with Gasteiger partial charge in [0.2, 0.25) is 0 Å². The van der Waals surface area contributed by atoms with Crippen LogP contribution in [0.15, 0.2) is 18.2 Å². The molecule has 1 heterocycles. The van der Waals surface area contributed by atoms with Crippen molar-refractivity contribution < 1.29 is 18.9 Å². The summed E-state index contributed by atoms with van der Waals surface area (Å²) in [5.74, 6) is 0.885. The van der Waals surface area contributed by atoms with Gasteiger partial charge >= 0.3 is 0 Å². The topological polar surface area (TPSA) is 40.2 Å². The lowest BCUT2D eigenvalue weighted by Gasteiger charge is -2.43. The minimum atomic E-state index is -0.00312. The van der Waals surface area contributed by atoms with Crippen LogP contribution in [0.1, 0.15) is 36.8 Å². The number of fused-ring (bicyclic) bond motifs is 1. The van der Waals surface area contributed by atoms with E-state index in [1.54, 1.807) is 14.2 Å². The molecular formula is C20H31NO4. The van der Waals surface area contributed by atoms with Gasteiger partial charge in [-0.05, 0) is 43.4 Å². The molecule has 1 saturated carbocycles. The Bertz CT molecular complexity index is 579. The van der Waals surface area contributed by atoms with Gasteiger partial charge in [-0.25, -0.2) is 0 Å². The first-order chi connectivity index (χ1) is 12.2. The molecule has 0 spiro atoms. The van der Waals surface area contributed by atoms with E-state index in [1.165, 1.54) is 5.56 Å². The second-order valence-corrected chi connectivity index (χ2v) is 7.22. The van der Waals surface area contributed by atoms with Crippen LogP contribution in [-0.4, -0.2) is 57.6 Å². The van der Waals surface area contributed by atoms with E-state index in [9.17, 15) is 0 Å². The summed E-state index contributed by atoms with van der Waals surface area (Å²) in [7, 11) is 7.11. The summed E-state index contributed by atoms with van der Waals surface area (Å²) < 4.78 is 22.4. The number of hydrogen-bond donors (Lipinski definition) is 0. The molecule has 5 nitrogen and oxygen atoms in total. The molecule has 0 amide bonds. The van der Waals surface area contributed by atoms with Gasteiger partial charge in [-0.3, -0.25) is 4.90 Å². The molecule has 0 bridgehead atoms. The quantitative estimate of drug-likeness (QED) is 0.757. The van der Waals surface area contributed by atoms with Gasteiger partial charge < -0.3 is 18.9 Å². The zero-order chi connectivity index (χ0) is 17.9. The summed E-state index contributed by atoms with van der Waals surface area (Å²) in [6, 6.07) is 6.82. The Morgan fingerprint density at radius 1 is 1.16 bits per heavy atom. The molecular weight excluding hydrogens is 318 g/mol. The second-order valence-electron chi connectivity index (χ2n) is 7.22. The second kappa shape index (κ2) is 8.04. The Morgan fingerprint density at radius 3 is 2.68 bits per heavy atom. The molecule has 140 valence electrons. The van der Waals surface area contributed by atoms with E-state index in [0.29, 0.717) is 18.8 Å². The Balaban J connectivity index is 1.77. The van der Waals surface area contributed by atoms with Crippen molar-refractivity contribution in [3.05, 3.63) is 29.3 Å². The van der Waals surface area contributed by atoms with Crippen molar-refractivity contribution in [3.8, 4) is 5.75 Å². The van der Waals surface area contributed by atoms with E-state index < -0.39 is 0 Å². The van der Waals surface area contributed by atoms with Crippen LogP contribution in [0, 0.1) is 0 Å². The number of nitrogens with zero attached hydrogens (tertiary/aromatic N) is 1. The zero-order valence-electron chi connectivity index (χ0n) is 15.9. The van der Waals surface area contributed by atoms with E-state index in [0.717, 1.165) is 50.1 Å². The lowest BCUT2D eigenvalue weighted by Crippen LogP contribution is -2.51. The molecule has 5 heteroatoms. The fourth-order valence-corrected chi connectivity index (χ4v) is 4.59. The molecule has 0 unspecified atom stereocenters. The summed E-state index contributed by atoms with van der Waals surface area (Å²) >= 11 is 0. The summed E-state index contributed by atoms with van der Waals surface area (Å²) in [5, 5.41) is 0. The van der Waals surface area contributed by atoms with Crippen molar-refractivity contribution in [2.75, 3.05) is 35.0 Å². The maximum atomic E-state index is 6.03. The number of rotatable bonds is 7. The molecule has 2 fully saturated rings. The SMILES string of the molecule is COCc1cc(CN2CC[C@]3(OC)CC[C@H](OC)C[C@H]23)ccc1OC. The molecule has 2 aliphatic rings. The first-order valence-electron chi connectivity index (χ1n) is 9.12. The minimum Gasteiger partial charge on any atom is -0.496 e. The normalized spacial score (nSPS) is 29.6. The van der Waals surface area contributed by atoms with Crippen molar-refractivity contribution in [1.82, 2.24) is 4.90 Å². The lowest BCUT2D eigenvalue weighted by atomic mass is 9.79. The average molecular weight is 349 g/mol. The summed E-state index contributed by atoms with van der Waals surface area (Å²) in [6.07, 6.45) is 4.67. The van der Waals surface area contributed by atoms with Gasteiger partial charge in [0, 0.05) is 46.0 Å². The first kappa shape index (κ1) is 18.6. The third-order valence-corrected chi connectivity index (χ3v) is 6.02. The minimum absolute atomic E-state index is 0.00312. The van der Waals surface area contributed by atoms with E-state index in [4.69, 9.17) is 18.9 Å². The van der Waals surface area contributed by atoms with Crippen LogP contribution in [0.4, 0.5) is 0 Å². The maximum absolute atomic E-state index is 6.03. The number of ether oxygens (including phenoxy) is 4. The Kier molecular flexibility index (Phi) is 6.00. The monoisotopic (exact) mass is 349 g/mol. The highest BCUT2D eigenvalue weighted by atomic mass is 16.5. The van der Waals surface area contributed by atoms with Crippen molar-refractivity contribution in [2.24, 2.45) is 0 Å². The highest BCUT2D eigenvalue weighted by Crippen LogP contribution is 2.43. The third-order valence-electron chi connectivity index (χ3n) is 6.02. The molecule has 0 aromatic heterocycles. The van der Waals surface area contributed by atoms with Crippen LogP contribution in [0.25, 0.3) is 0 Å². The molecule has 0 radical (unpaired) electrons. The number of methoxy groups -OCH3 is 4. The van der Waals surface area contributed by atoms with Crippen LogP contribution >= 0.6 is 0 Å². The average Bonchev–Trinajstić information content (AvgIpc) is 3.00. The van der Waals surface area contributed by atoms with E-state index >= 15 is 0 Å². The first-order valence-corrected chi connectivity index (χ1v) is 9.12. The molecule has 1 aliphatic heterocycles. The van der Waals surface area contributed by atoms with Gasteiger partial charge in [-0.1, -0.05) is 6.07 Å². The van der Waals surface area contributed by atoms with Crippen molar-refractivity contribution in [2.45, 2.75) is 56.6 Å². The number of hydrogen-bond acceptors (Lipinski definition) is 5. The standard InChI is InChI=1S/C20H31NO4/c1-22-14-16-11-15(5-6-18(16)24-3)13-21-10-9-20(25-4)8-7-17(23-2)12-19(20)21/h5-6,11,17,19H,7-10,12-14H2,1-4H3/t17-,19-,20+/m0/s1. The van der Waals surface area contributed by atoms with Gasteiger partial charge in [0.05, 0.1) is 25.4 Å². The number of likely N-dealkylation sites (tertiary alicyclic amines) is 1. The van der Waals surface area contributed by atoms with E-state index in [2.05, 4.69) is 17.0 Å². The zero-order valence-corrected chi connectivity index (χ0v) is 15.9. The summed E-state index contributed by atoms with van der Waals surface area (Å²) in [6.45, 7) is 2.56. The molecule has 3 atom stereocenters. The van der Waals surface area contributed by atoms with Crippen molar-refractivity contribution in [1.29, 1.82) is 0 Å². The number of benzene rings is 1. The van der Waals surface area contributed by atoms with Gasteiger partial charge in [0.25, 0.3) is 0 Å². The Labute approximate surface area is 151 Å². The van der Waals surface area contributed by atoms with Crippen molar-refractivity contribution in [3.63, 3.8) is 0 Å². The lowest BCUT2D eigenvalue weighted by molar-refractivity contribution is -0.0947. The van der Waals surface area contributed by atoms with Gasteiger partial charge in [-0.15, -0.1) is 0 Å². The predicted molar refractivity (Wildman–Crippen MR) is 96.9 cm³/mol. The maximum Gasteiger partial charge on any atom is 0.124 e. The van der Waals surface area contributed by atoms with Crippen LogP contribution in [-0.2, 0) is 27.4 Å². The smallest absolute Gasteiger partial charge is 0.124 e. The Morgan fingerprint density at radius 2 is 2.00 bits per heavy atom. The summed E-state index contributed by atoms with van der Waals surface area (Å²) in [4.78, 5) is 2.56. The largest absolute Gasteiger partial charge is 0.496 e. The summed E-state index contributed by atoms with van der Waals surface area (Å²) in [5.41, 5.74) is 2.38. The highest BCUT2D eigenvalue weighted by Gasteiger charge is 2.50. The van der Waals surface area contributed by atoms with Crippen LogP contribution < -0.4 is 4.74 Å². The predicted octanol–water partition coefficient (Wildman–Crippen LogP) is 3.00. The van der Waals surface area contributed by atoms with Crippen molar-refractivity contribution >= 4 is 0 Å². The molecule has 3 rings (SSSR count). The highest BCUT2D eigenvalue weighted by molar-refractivity contribution is 5.37. The van der Waals surface area contributed by atoms with Crippen LogP contribution in [0.2, 0.25) is 0 Å². The van der Waals surface area contributed by atoms with Gasteiger partial charge in [0.15, 0.2) is 0 Å². The molecule has 0 N–H and O–H groups in total. The molecule has 1 aromatic carbocycles. The fraction of sp³-hybridized carbons (Fsp3) is 0.700. The van der Waals surface area contributed by atoms with Gasteiger partial charge in [-0.2, -0.15) is 0 Å². The van der Waals surface area contributed by atoms with E-state index in [-0.39, 0.29) is 5.60 Å². The van der Waals surface area contributed by atoms with E-state index in [1.807, 2.05) is 20.3 Å². The molecule has 1 aliphatic carbocycles. The third kappa shape index (κ3) is 3.70. The van der Waals surface area contributed by atoms with Gasteiger partial charge in [0.1, 0.15) is 5.75 Å². The van der Waals surface area contributed by atoms with Crippen LogP contribution in [0.5, 0.6) is 5.75 Å². The Hall–Kier alpha value is -1.14.